The van der Waals surface area contributed by atoms with E-state index in [1.807, 2.05) is 18.2 Å². The predicted molar refractivity (Wildman–Crippen MR) is 67.3 cm³/mol. The zero-order valence-corrected chi connectivity index (χ0v) is 10.7. The summed E-state index contributed by atoms with van der Waals surface area (Å²) in [6.45, 7) is 9.80. The molecule has 1 nitrogen and oxygen atoms in total. The maximum atomic E-state index is 6.13. The summed E-state index contributed by atoms with van der Waals surface area (Å²) in [6.07, 6.45) is 0. The Balaban J connectivity index is 2.62. The van der Waals surface area contributed by atoms with Crippen LogP contribution in [0.3, 0.4) is 0 Å². The fourth-order valence-corrected chi connectivity index (χ4v) is 1.69. The van der Waals surface area contributed by atoms with Crippen molar-refractivity contribution < 1.29 is 0 Å². The van der Waals surface area contributed by atoms with Crippen LogP contribution in [0.1, 0.15) is 39.3 Å². The number of nitrogens with one attached hydrogen (secondary N) is 1. The molecule has 0 saturated heterocycles. The first-order valence-electron chi connectivity index (χ1n) is 5.38. The van der Waals surface area contributed by atoms with Gasteiger partial charge in [-0.25, -0.2) is 0 Å². The lowest BCUT2D eigenvalue weighted by Crippen LogP contribution is -2.29. The third-order valence-corrected chi connectivity index (χ3v) is 2.65. The Morgan fingerprint density at radius 2 is 1.87 bits per heavy atom. The summed E-state index contributed by atoms with van der Waals surface area (Å²) in [4.78, 5) is 0. The number of hydrogen-bond acceptors (Lipinski definition) is 1. The van der Waals surface area contributed by atoms with Gasteiger partial charge in [-0.3, -0.25) is 0 Å². The molecule has 1 aromatic rings. The van der Waals surface area contributed by atoms with E-state index in [4.69, 9.17) is 11.6 Å². The van der Waals surface area contributed by atoms with Gasteiger partial charge in [-0.2, -0.15) is 0 Å². The van der Waals surface area contributed by atoms with Crippen molar-refractivity contribution in [2.24, 2.45) is 5.41 Å². The second-order valence-electron chi connectivity index (χ2n) is 5.18. The van der Waals surface area contributed by atoms with Gasteiger partial charge in [-0.1, -0.05) is 50.6 Å². The Bertz CT molecular complexity index is 315. The first-order valence-corrected chi connectivity index (χ1v) is 5.76. The van der Waals surface area contributed by atoms with E-state index in [0.29, 0.717) is 11.5 Å². The van der Waals surface area contributed by atoms with E-state index in [0.717, 1.165) is 11.6 Å². The van der Waals surface area contributed by atoms with Crippen LogP contribution < -0.4 is 5.32 Å². The van der Waals surface area contributed by atoms with Crippen molar-refractivity contribution in [2.45, 2.75) is 33.7 Å². The van der Waals surface area contributed by atoms with Gasteiger partial charge in [0.15, 0.2) is 0 Å². The highest BCUT2D eigenvalue weighted by atomic mass is 35.5. The number of rotatable bonds is 3. The van der Waals surface area contributed by atoms with Gasteiger partial charge in [0.05, 0.1) is 0 Å². The quantitative estimate of drug-likeness (QED) is 0.819. The van der Waals surface area contributed by atoms with Crippen LogP contribution in [0.5, 0.6) is 0 Å². The van der Waals surface area contributed by atoms with E-state index in [9.17, 15) is 0 Å². The molecule has 0 fully saturated rings. The summed E-state index contributed by atoms with van der Waals surface area (Å²) in [6, 6.07) is 8.30. The minimum absolute atomic E-state index is 0.301. The molecule has 15 heavy (non-hydrogen) atoms. The monoisotopic (exact) mass is 225 g/mol. The molecular weight excluding hydrogens is 206 g/mol. The maximum absolute atomic E-state index is 6.13. The van der Waals surface area contributed by atoms with E-state index < -0.39 is 0 Å². The molecule has 0 heterocycles. The van der Waals surface area contributed by atoms with Crippen LogP contribution in [0.4, 0.5) is 0 Å². The van der Waals surface area contributed by atoms with Crippen LogP contribution >= 0.6 is 11.6 Å². The molecule has 0 aliphatic carbocycles. The van der Waals surface area contributed by atoms with E-state index >= 15 is 0 Å². The van der Waals surface area contributed by atoms with Crippen LogP contribution in [0.15, 0.2) is 24.3 Å². The molecule has 0 saturated carbocycles. The van der Waals surface area contributed by atoms with Crippen LogP contribution in [0.2, 0.25) is 5.02 Å². The van der Waals surface area contributed by atoms with Gasteiger partial charge in [0.25, 0.3) is 0 Å². The zero-order valence-electron chi connectivity index (χ0n) is 9.97. The Morgan fingerprint density at radius 3 is 2.40 bits per heavy atom. The predicted octanol–water partition coefficient (Wildman–Crippen LogP) is 4.04. The van der Waals surface area contributed by atoms with E-state index in [2.05, 4.69) is 39.1 Å². The van der Waals surface area contributed by atoms with Crippen molar-refractivity contribution in [3.05, 3.63) is 34.9 Å². The van der Waals surface area contributed by atoms with Crippen molar-refractivity contribution in [1.29, 1.82) is 0 Å². The van der Waals surface area contributed by atoms with Crippen LogP contribution in [-0.2, 0) is 0 Å². The molecule has 0 aromatic heterocycles. The SMILES string of the molecule is CC(NCC(C)(C)C)c1ccccc1Cl. The molecule has 1 atom stereocenters. The molecule has 0 bridgehead atoms. The highest BCUT2D eigenvalue weighted by molar-refractivity contribution is 6.31. The standard InChI is InChI=1S/C13H20ClN/c1-10(15-9-13(2,3)4)11-7-5-6-8-12(11)14/h5-8,10,15H,9H2,1-4H3. The van der Waals surface area contributed by atoms with Crippen molar-refractivity contribution in [1.82, 2.24) is 5.32 Å². The molecular formula is C13H20ClN. The van der Waals surface area contributed by atoms with Crippen LogP contribution in [0, 0.1) is 5.41 Å². The fraction of sp³-hybridized carbons (Fsp3) is 0.538. The molecule has 0 amide bonds. The highest BCUT2D eigenvalue weighted by Crippen LogP contribution is 2.23. The van der Waals surface area contributed by atoms with Gasteiger partial charge in [0.1, 0.15) is 0 Å². The molecule has 0 radical (unpaired) electrons. The van der Waals surface area contributed by atoms with Gasteiger partial charge in [0.2, 0.25) is 0 Å². The Hall–Kier alpha value is -0.530. The lowest BCUT2D eigenvalue weighted by molar-refractivity contribution is 0.359. The zero-order chi connectivity index (χ0) is 11.5. The smallest absolute Gasteiger partial charge is 0.0453 e. The Labute approximate surface area is 97.8 Å². The summed E-state index contributed by atoms with van der Waals surface area (Å²) < 4.78 is 0. The summed E-state index contributed by atoms with van der Waals surface area (Å²) >= 11 is 6.13. The molecule has 0 aliphatic heterocycles. The summed E-state index contributed by atoms with van der Waals surface area (Å²) in [7, 11) is 0. The average Bonchev–Trinajstić information content (AvgIpc) is 2.14. The van der Waals surface area contributed by atoms with E-state index in [1.165, 1.54) is 5.56 Å². The van der Waals surface area contributed by atoms with Gasteiger partial charge in [-0.15, -0.1) is 0 Å². The molecule has 1 unspecified atom stereocenters. The van der Waals surface area contributed by atoms with Gasteiger partial charge in [0, 0.05) is 17.6 Å². The van der Waals surface area contributed by atoms with Crippen molar-refractivity contribution >= 4 is 11.6 Å². The average molecular weight is 226 g/mol. The van der Waals surface area contributed by atoms with E-state index in [1.54, 1.807) is 0 Å². The maximum Gasteiger partial charge on any atom is 0.0453 e. The lowest BCUT2D eigenvalue weighted by atomic mass is 9.96. The van der Waals surface area contributed by atoms with Crippen LogP contribution in [-0.4, -0.2) is 6.54 Å². The molecule has 1 rings (SSSR count). The largest absolute Gasteiger partial charge is 0.310 e. The first kappa shape index (κ1) is 12.5. The molecule has 0 aliphatic rings. The number of hydrogen-bond donors (Lipinski definition) is 1. The van der Waals surface area contributed by atoms with E-state index in [-0.39, 0.29) is 0 Å². The number of benzene rings is 1. The second-order valence-corrected chi connectivity index (χ2v) is 5.59. The number of halogens is 1. The van der Waals surface area contributed by atoms with Crippen molar-refractivity contribution in [3.8, 4) is 0 Å². The molecule has 84 valence electrons. The Kier molecular flexibility index (Phi) is 4.18. The molecule has 0 spiro atoms. The molecule has 2 heteroatoms. The second kappa shape index (κ2) is 5.00. The normalized spacial score (nSPS) is 13.9. The van der Waals surface area contributed by atoms with Gasteiger partial charge >= 0.3 is 0 Å². The summed E-state index contributed by atoms with van der Waals surface area (Å²) in [5.74, 6) is 0. The minimum atomic E-state index is 0.301. The topological polar surface area (TPSA) is 12.0 Å². The first-order chi connectivity index (χ1) is 6.90. The van der Waals surface area contributed by atoms with Gasteiger partial charge in [-0.05, 0) is 24.0 Å². The molecule has 1 N–H and O–H groups in total. The summed E-state index contributed by atoms with van der Waals surface area (Å²) in [5.41, 5.74) is 1.47. The third kappa shape index (κ3) is 4.23. The minimum Gasteiger partial charge on any atom is -0.310 e. The Morgan fingerprint density at radius 1 is 1.27 bits per heavy atom. The lowest BCUT2D eigenvalue weighted by Gasteiger charge is -2.23. The summed E-state index contributed by atoms with van der Waals surface area (Å²) in [5, 5.41) is 4.33. The highest BCUT2D eigenvalue weighted by Gasteiger charge is 2.13. The van der Waals surface area contributed by atoms with Crippen molar-refractivity contribution in [3.63, 3.8) is 0 Å². The fourth-order valence-electron chi connectivity index (χ4n) is 1.40. The molecule has 1 aromatic carbocycles. The van der Waals surface area contributed by atoms with Crippen molar-refractivity contribution in [2.75, 3.05) is 6.54 Å². The van der Waals surface area contributed by atoms with Crippen LogP contribution in [0.25, 0.3) is 0 Å². The van der Waals surface area contributed by atoms with Gasteiger partial charge < -0.3 is 5.32 Å². The third-order valence-electron chi connectivity index (χ3n) is 2.31.